The van der Waals surface area contributed by atoms with Crippen LogP contribution in [0.4, 0.5) is 5.69 Å². The molecule has 0 atom stereocenters. The third-order valence-electron chi connectivity index (χ3n) is 4.62. The summed E-state index contributed by atoms with van der Waals surface area (Å²) >= 11 is 0. The van der Waals surface area contributed by atoms with Gasteiger partial charge in [0.2, 0.25) is 0 Å². The maximum Gasteiger partial charge on any atom is 0.164 e. The molecule has 1 aromatic carbocycles. The largest absolute Gasteiger partial charge is 0.385 e. The fraction of sp³-hybridized carbons (Fsp3) is 0.588. The van der Waals surface area contributed by atoms with E-state index < -0.39 is 0 Å². The van der Waals surface area contributed by atoms with Gasteiger partial charge in [-0.1, -0.05) is 0 Å². The lowest BCUT2D eigenvalue weighted by atomic mass is 9.98. The molecule has 0 amide bonds. The van der Waals surface area contributed by atoms with Crippen LogP contribution in [0.1, 0.15) is 28.8 Å². The first kappa shape index (κ1) is 14.5. The van der Waals surface area contributed by atoms with E-state index in [0.717, 1.165) is 57.7 Å². The molecule has 1 saturated heterocycles. The maximum absolute atomic E-state index is 12.4. The molecule has 0 radical (unpaired) electrons. The standard InChI is InChI=1S/C17H25N3O/c1-19-9-11-20(12-10-19)8-6-17(21)15-4-5-16-14(13-15)3-2-7-18-16/h4-5,13,18H,2-3,6-12H2,1H3. The van der Waals surface area contributed by atoms with Gasteiger partial charge in [0.1, 0.15) is 0 Å². The molecule has 2 aliphatic heterocycles. The Labute approximate surface area is 127 Å². The Morgan fingerprint density at radius 1 is 1.24 bits per heavy atom. The molecule has 1 N–H and O–H groups in total. The van der Waals surface area contributed by atoms with Crippen molar-refractivity contribution in [2.24, 2.45) is 0 Å². The van der Waals surface area contributed by atoms with Crippen molar-refractivity contribution in [3.63, 3.8) is 0 Å². The summed E-state index contributed by atoms with van der Waals surface area (Å²) in [6, 6.07) is 6.13. The van der Waals surface area contributed by atoms with E-state index in [0.29, 0.717) is 6.42 Å². The molecule has 0 bridgehead atoms. The van der Waals surface area contributed by atoms with Crippen molar-refractivity contribution >= 4 is 11.5 Å². The van der Waals surface area contributed by atoms with Gasteiger partial charge in [0.25, 0.3) is 0 Å². The monoisotopic (exact) mass is 287 g/mol. The summed E-state index contributed by atoms with van der Waals surface area (Å²) in [6.45, 7) is 6.32. The predicted molar refractivity (Wildman–Crippen MR) is 86.1 cm³/mol. The number of hydrogen-bond acceptors (Lipinski definition) is 4. The summed E-state index contributed by atoms with van der Waals surface area (Å²) in [4.78, 5) is 17.1. The van der Waals surface area contributed by atoms with Crippen molar-refractivity contribution in [3.05, 3.63) is 29.3 Å². The molecule has 0 spiro atoms. The van der Waals surface area contributed by atoms with Gasteiger partial charge in [0.05, 0.1) is 0 Å². The van der Waals surface area contributed by atoms with Crippen molar-refractivity contribution < 1.29 is 4.79 Å². The van der Waals surface area contributed by atoms with Crippen LogP contribution < -0.4 is 5.32 Å². The first-order valence-corrected chi connectivity index (χ1v) is 8.03. The Kier molecular flexibility index (Phi) is 4.56. The maximum atomic E-state index is 12.4. The van der Waals surface area contributed by atoms with Crippen molar-refractivity contribution in [1.29, 1.82) is 0 Å². The average molecular weight is 287 g/mol. The van der Waals surface area contributed by atoms with E-state index in [2.05, 4.69) is 34.3 Å². The molecule has 4 nitrogen and oxygen atoms in total. The Hall–Kier alpha value is -1.39. The molecule has 3 rings (SSSR count). The molecular weight excluding hydrogens is 262 g/mol. The molecule has 1 fully saturated rings. The van der Waals surface area contributed by atoms with Gasteiger partial charge in [-0.15, -0.1) is 0 Å². The van der Waals surface area contributed by atoms with Crippen LogP contribution in [0, 0.1) is 0 Å². The molecular formula is C17H25N3O. The summed E-state index contributed by atoms with van der Waals surface area (Å²) < 4.78 is 0. The lowest BCUT2D eigenvalue weighted by molar-refractivity contribution is 0.0942. The van der Waals surface area contributed by atoms with Crippen LogP contribution in [-0.4, -0.2) is 61.9 Å². The lowest BCUT2D eigenvalue weighted by Gasteiger charge is -2.32. The van der Waals surface area contributed by atoms with E-state index in [4.69, 9.17) is 0 Å². The number of rotatable bonds is 4. The number of carbonyl (C=O) groups excluding carboxylic acids is 1. The minimum atomic E-state index is 0.280. The van der Waals surface area contributed by atoms with Crippen LogP contribution in [0.2, 0.25) is 0 Å². The second kappa shape index (κ2) is 6.58. The van der Waals surface area contributed by atoms with Gasteiger partial charge in [0.15, 0.2) is 5.78 Å². The second-order valence-corrected chi connectivity index (χ2v) is 6.22. The molecule has 2 heterocycles. The number of piperazine rings is 1. The number of Topliss-reactive ketones (excluding diaryl/α,β-unsaturated/α-hetero) is 1. The highest BCUT2D eigenvalue weighted by Gasteiger charge is 2.16. The van der Waals surface area contributed by atoms with Crippen molar-refractivity contribution in [1.82, 2.24) is 9.80 Å². The van der Waals surface area contributed by atoms with Crippen molar-refractivity contribution in [2.45, 2.75) is 19.3 Å². The summed E-state index contributed by atoms with van der Waals surface area (Å²) in [5.74, 6) is 0.280. The third-order valence-corrected chi connectivity index (χ3v) is 4.62. The molecule has 21 heavy (non-hydrogen) atoms. The number of anilines is 1. The smallest absolute Gasteiger partial charge is 0.164 e. The lowest BCUT2D eigenvalue weighted by Crippen LogP contribution is -2.45. The minimum Gasteiger partial charge on any atom is -0.385 e. The van der Waals surface area contributed by atoms with E-state index >= 15 is 0 Å². The molecule has 0 aromatic heterocycles. The number of carbonyl (C=O) groups is 1. The number of ketones is 1. The van der Waals surface area contributed by atoms with Crippen LogP contribution in [-0.2, 0) is 6.42 Å². The zero-order valence-electron chi connectivity index (χ0n) is 12.9. The zero-order valence-corrected chi connectivity index (χ0v) is 12.9. The molecule has 0 aliphatic carbocycles. The fourth-order valence-corrected chi connectivity index (χ4v) is 3.12. The second-order valence-electron chi connectivity index (χ2n) is 6.22. The van der Waals surface area contributed by atoms with Crippen LogP contribution in [0.15, 0.2) is 18.2 Å². The van der Waals surface area contributed by atoms with Gasteiger partial charge in [-0.2, -0.15) is 0 Å². The Bertz CT molecular complexity index is 507. The van der Waals surface area contributed by atoms with Gasteiger partial charge >= 0.3 is 0 Å². The quantitative estimate of drug-likeness (QED) is 0.858. The summed E-state index contributed by atoms with van der Waals surface area (Å²) in [5.41, 5.74) is 3.38. The summed E-state index contributed by atoms with van der Waals surface area (Å²) in [5, 5.41) is 3.39. The number of hydrogen-bond donors (Lipinski definition) is 1. The molecule has 2 aliphatic rings. The van der Waals surface area contributed by atoms with E-state index in [1.807, 2.05) is 6.07 Å². The van der Waals surface area contributed by atoms with Gasteiger partial charge in [-0.25, -0.2) is 0 Å². The number of fused-ring (bicyclic) bond motifs is 1. The van der Waals surface area contributed by atoms with Crippen LogP contribution in [0.3, 0.4) is 0 Å². The zero-order chi connectivity index (χ0) is 14.7. The van der Waals surface area contributed by atoms with E-state index in [9.17, 15) is 4.79 Å². The molecule has 114 valence electrons. The summed E-state index contributed by atoms with van der Waals surface area (Å²) in [6.07, 6.45) is 2.88. The molecule has 0 unspecified atom stereocenters. The third kappa shape index (κ3) is 3.63. The number of likely N-dealkylation sites (N-methyl/N-ethyl adjacent to an activating group) is 1. The van der Waals surface area contributed by atoms with Crippen molar-refractivity contribution in [3.8, 4) is 0 Å². The number of nitrogens with one attached hydrogen (secondary N) is 1. The minimum absolute atomic E-state index is 0.280. The fourth-order valence-electron chi connectivity index (χ4n) is 3.12. The number of nitrogens with zero attached hydrogens (tertiary/aromatic N) is 2. The molecule has 1 aromatic rings. The Balaban J connectivity index is 1.55. The number of benzene rings is 1. The first-order valence-electron chi connectivity index (χ1n) is 8.03. The highest BCUT2D eigenvalue weighted by atomic mass is 16.1. The normalized spacial score (nSPS) is 19.9. The highest BCUT2D eigenvalue weighted by Crippen LogP contribution is 2.23. The van der Waals surface area contributed by atoms with Gasteiger partial charge in [-0.3, -0.25) is 4.79 Å². The average Bonchev–Trinajstić information content (AvgIpc) is 2.53. The van der Waals surface area contributed by atoms with Gasteiger partial charge in [-0.05, 0) is 43.7 Å². The van der Waals surface area contributed by atoms with Crippen molar-refractivity contribution in [2.75, 3.05) is 51.6 Å². The topological polar surface area (TPSA) is 35.6 Å². The van der Waals surface area contributed by atoms with Crippen LogP contribution in [0.5, 0.6) is 0 Å². The molecule has 4 heteroatoms. The Morgan fingerprint density at radius 2 is 2.05 bits per heavy atom. The first-order chi connectivity index (χ1) is 10.2. The Morgan fingerprint density at radius 3 is 2.86 bits per heavy atom. The van der Waals surface area contributed by atoms with E-state index in [-0.39, 0.29) is 5.78 Å². The number of aryl methyl sites for hydroxylation is 1. The summed E-state index contributed by atoms with van der Waals surface area (Å²) in [7, 11) is 2.16. The van der Waals surface area contributed by atoms with Gasteiger partial charge in [0, 0.05) is 56.9 Å². The van der Waals surface area contributed by atoms with E-state index in [1.165, 1.54) is 11.3 Å². The van der Waals surface area contributed by atoms with E-state index in [1.54, 1.807) is 0 Å². The predicted octanol–water partition coefficient (Wildman–Crippen LogP) is 1.86. The highest BCUT2D eigenvalue weighted by molar-refractivity contribution is 5.96. The SMILES string of the molecule is CN1CCN(CCC(=O)c2ccc3c(c2)CCCN3)CC1. The van der Waals surface area contributed by atoms with Crippen LogP contribution in [0.25, 0.3) is 0 Å². The molecule has 0 saturated carbocycles. The van der Waals surface area contributed by atoms with Crippen LogP contribution >= 0.6 is 0 Å². The van der Waals surface area contributed by atoms with Gasteiger partial charge < -0.3 is 15.1 Å².